The number of allylic oxidation sites excluding steroid dienone is 1. The summed E-state index contributed by atoms with van der Waals surface area (Å²) in [5.41, 5.74) is -0.0568. The standard InChI is InChI=1S/C19H30O2/c1-15(21-19(5,6)7)13-16(18(2,3)4)14-20-17-11-9-8-10-12-17/h8-12,16H,1,13-14H2,2-7H3. The van der Waals surface area contributed by atoms with Crippen molar-refractivity contribution in [3.8, 4) is 5.75 Å². The topological polar surface area (TPSA) is 18.5 Å². The summed E-state index contributed by atoms with van der Waals surface area (Å²) >= 11 is 0. The van der Waals surface area contributed by atoms with Crippen LogP contribution in [0.25, 0.3) is 0 Å². The van der Waals surface area contributed by atoms with E-state index in [1.807, 2.05) is 51.1 Å². The molecule has 0 amide bonds. The van der Waals surface area contributed by atoms with Crippen LogP contribution in [-0.4, -0.2) is 12.2 Å². The molecular formula is C19H30O2. The van der Waals surface area contributed by atoms with Gasteiger partial charge in [0.2, 0.25) is 0 Å². The highest BCUT2D eigenvalue weighted by atomic mass is 16.5. The molecule has 1 rings (SSSR count). The van der Waals surface area contributed by atoms with Crippen molar-refractivity contribution in [2.45, 2.75) is 53.6 Å². The van der Waals surface area contributed by atoms with E-state index in [0.29, 0.717) is 12.5 Å². The molecule has 1 unspecified atom stereocenters. The van der Waals surface area contributed by atoms with Crippen LogP contribution in [0.4, 0.5) is 0 Å². The van der Waals surface area contributed by atoms with Crippen LogP contribution in [0.15, 0.2) is 42.7 Å². The quantitative estimate of drug-likeness (QED) is 0.649. The van der Waals surface area contributed by atoms with Crippen LogP contribution in [0.5, 0.6) is 5.75 Å². The van der Waals surface area contributed by atoms with Crippen molar-refractivity contribution >= 4 is 0 Å². The molecule has 1 aromatic rings. The number of hydrogen-bond acceptors (Lipinski definition) is 2. The lowest BCUT2D eigenvalue weighted by Crippen LogP contribution is -2.29. The van der Waals surface area contributed by atoms with Gasteiger partial charge < -0.3 is 9.47 Å². The maximum Gasteiger partial charge on any atom is 0.119 e. The molecule has 0 fully saturated rings. The van der Waals surface area contributed by atoms with Gasteiger partial charge in [-0.15, -0.1) is 0 Å². The predicted octanol–water partition coefficient (Wildman–Crippen LogP) is 5.45. The molecule has 2 heteroatoms. The average molecular weight is 290 g/mol. The highest BCUT2D eigenvalue weighted by Gasteiger charge is 2.27. The molecular weight excluding hydrogens is 260 g/mol. The van der Waals surface area contributed by atoms with E-state index in [-0.39, 0.29) is 11.0 Å². The third-order valence-corrected chi connectivity index (χ3v) is 3.34. The summed E-state index contributed by atoms with van der Waals surface area (Å²) in [5.74, 6) is 2.10. The summed E-state index contributed by atoms with van der Waals surface area (Å²) in [6.07, 6.45) is 0.813. The van der Waals surface area contributed by atoms with Crippen LogP contribution in [0.2, 0.25) is 0 Å². The van der Waals surface area contributed by atoms with Crippen LogP contribution in [0.3, 0.4) is 0 Å². The SMILES string of the molecule is C=C(CC(COc1ccccc1)C(C)(C)C)OC(C)(C)C. The Balaban J connectivity index is 2.63. The number of hydrogen-bond donors (Lipinski definition) is 0. The van der Waals surface area contributed by atoms with Gasteiger partial charge in [0, 0.05) is 12.3 Å². The Morgan fingerprint density at radius 2 is 1.62 bits per heavy atom. The normalized spacial score (nSPS) is 13.6. The van der Waals surface area contributed by atoms with Gasteiger partial charge in [-0.3, -0.25) is 0 Å². The predicted molar refractivity (Wildman–Crippen MR) is 89.5 cm³/mol. The smallest absolute Gasteiger partial charge is 0.119 e. The van der Waals surface area contributed by atoms with Crippen molar-refractivity contribution in [2.24, 2.45) is 11.3 Å². The molecule has 0 N–H and O–H groups in total. The second kappa shape index (κ2) is 7.02. The van der Waals surface area contributed by atoms with Crippen LogP contribution >= 0.6 is 0 Å². The number of benzene rings is 1. The van der Waals surface area contributed by atoms with Gasteiger partial charge in [0.1, 0.15) is 11.4 Å². The van der Waals surface area contributed by atoms with Gasteiger partial charge in [-0.2, -0.15) is 0 Å². The fourth-order valence-corrected chi connectivity index (χ4v) is 2.08. The van der Waals surface area contributed by atoms with Crippen molar-refractivity contribution < 1.29 is 9.47 Å². The highest BCUT2D eigenvalue weighted by molar-refractivity contribution is 5.20. The van der Waals surface area contributed by atoms with Gasteiger partial charge >= 0.3 is 0 Å². The summed E-state index contributed by atoms with van der Waals surface area (Å²) in [6.45, 7) is 17.6. The van der Waals surface area contributed by atoms with E-state index in [0.717, 1.165) is 17.9 Å². The Morgan fingerprint density at radius 1 is 1.05 bits per heavy atom. The second-order valence-corrected chi connectivity index (χ2v) is 7.64. The first-order chi connectivity index (χ1) is 9.58. The van der Waals surface area contributed by atoms with Crippen LogP contribution < -0.4 is 4.74 Å². The molecule has 1 atom stereocenters. The molecule has 0 aliphatic heterocycles. The Morgan fingerprint density at radius 3 is 2.10 bits per heavy atom. The van der Waals surface area contributed by atoms with E-state index in [2.05, 4.69) is 27.4 Å². The zero-order chi connectivity index (χ0) is 16.1. The third-order valence-electron chi connectivity index (χ3n) is 3.34. The van der Waals surface area contributed by atoms with E-state index >= 15 is 0 Å². The summed E-state index contributed by atoms with van der Waals surface area (Å²) in [6, 6.07) is 9.94. The monoisotopic (exact) mass is 290 g/mol. The summed E-state index contributed by atoms with van der Waals surface area (Å²) in [5, 5.41) is 0. The Labute approximate surface area is 130 Å². The first-order valence-electron chi connectivity index (χ1n) is 7.62. The summed E-state index contributed by atoms with van der Waals surface area (Å²) in [4.78, 5) is 0. The molecule has 0 saturated carbocycles. The van der Waals surface area contributed by atoms with Crippen LogP contribution in [-0.2, 0) is 4.74 Å². The van der Waals surface area contributed by atoms with Crippen molar-refractivity contribution in [2.75, 3.05) is 6.61 Å². The number of rotatable bonds is 6. The zero-order valence-electron chi connectivity index (χ0n) is 14.4. The van der Waals surface area contributed by atoms with E-state index in [4.69, 9.17) is 9.47 Å². The highest BCUT2D eigenvalue weighted by Crippen LogP contribution is 2.32. The fraction of sp³-hybridized carbons (Fsp3) is 0.579. The Hall–Kier alpha value is -1.44. The molecule has 21 heavy (non-hydrogen) atoms. The minimum absolute atomic E-state index is 0.138. The van der Waals surface area contributed by atoms with Gasteiger partial charge in [0.25, 0.3) is 0 Å². The molecule has 0 saturated heterocycles. The lowest BCUT2D eigenvalue weighted by Gasteiger charge is -2.33. The Bertz CT molecular complexity index is 435. The van der Waals surface area contributed by atoms with Crippen LogP contribution in [0.1, 0.15) is 48.0 Å². The molecule has 0 bridgehead atoms. The van der Waals surface area contributed by atoms with Crippen molar-refractivity contribution in [1.82, 2.24) is 0 Å². The fourth-order valence-electron chi connectivity index (χ4n) is 2.08. The van der Waals surface area contributed by atoms with E-state index < -0.39 is 0 Å². The van der Waals surface area contributed by atoms with Gasteiger partial charge in [0.05, 0.1) is 12.4 Å². The van der Waals surface area contributed by atoms with Gasteiger partial charge in [-0.05, 0) is 38.3 Å². The number of para-hydroxylation sites is 1. The molecule has 0 aliphatic rings. The zero-order valence-corrected chi connectivity index (χ0v) is 14.4. The minimum Gasteiger partial charge on any atom is -0.493 e. The van der Waals surface area contributed by atoms with Crippen LogP contribution in [0, 0.1) is 11.3 Å². The lowest BCUT2D eigenvalue weighted by molar-refractivity contribution is 0.0316. The van der Waals surface area contributed by atoms with Gasteiger partial charge in [0.15, 0.2) is 0 Å². The molecule has 118 valence electrons. The lowest BCUT2D eigenvalue weighted by atomic mass is 9.79. The first kappa shape index (κ1) is 17.6. The molecule has 0 aromatic heterocycles. The van der Waals surface area contributed by atoms with E-state index in [1.54, 1.807) is 0 Å². The van der Waals surface area contributed by atoms with E-state index in [1.165, 1.54) is 0 Å². The average Bonchev–Trinajstić information content (AvgIpc) is 2.32. The van der Waals surface area contributed by atoms with Crippen molar-refractivity contribution in [1.29, 1.82) is 0 Å². The van der Waals surface area contributed by atoms with Gasteiger partial charge in [-0.25, -0.2) is 0 Å². The molecule has 0 radical (unpaired) electrons. The maximum atomic E-state index is 5.93. The molecule has 0 spiro atoms. The number of ether oxygens (including phenoxy) is 2. The van der Waals surface area contributed by atoms with Crippen molar-refractivity contribution in [3.63, 3.8) is 0 Å². The molecule has 0 heterocycles. The van der Waals surface area contributed by atoms with Crippen molar-refractivity contribution in [3.05, 3.63) is 42.7 Å². The maximum absolute atomic E-state index is 5.93. The van der Waals surface area contributed by atoms with E-state index in [9.17, 15) is 0 Å². The second-order valence-electron chi connectivity index (χ2n) is 7.64. The summed E-state index contributed by atoms with van der Waals surface area (Å²) < 4.78 is 11.8. The molecule has 0 aliphatic carbocycles. The third kappa shape index (κ3) is 7.22. The van der Waals surface area contributed by atoms with Gasteiger partial charge in [-0.1, -0.05) is 45.5 Å². The largest absolute Gasteiger partial charge is 0.493 e. The minimum atomic E-state index is -0.195. The first-order valence-corrected chi connectivity index (χ1v) is 7.62. The Kier molecular flexibility index (Phi) is 5.88. The summed E-state index contributed by atoms with van der Waals surface area (Å²) in [7, 11) is 0. The molecule has 1 aromatic carbocycles. The molecule has 2 nitrogen and oxygen atoms in total.